The number of carbonyl (C=O) groups is 3. The van der Waals surface area contributed by atoms with Crippen molar-refractivity contribution in [3.05, 3.63) is 5.21 Å². The third-order valence-corrected chi connectivity index (χ3v) is 3.47. The summed E-state index contributed by atoms with van der Waals surface area (Å²) in [6.45, 7) is 2.29. The lowest BCUT2D eigenvalue weighted by Gasteiger charge is -2.40. The summed E-state index contributed by atoms with van der Waals surface area (Å²) in [5.41, 5.74) is 1.92. The van der Waals surface area contributed by atoms with Crippen LogP contribution in [0.3, 0.4) is 0 Å². The summed E-state index contributed by atoms with van der Waals surface area (Å²) in [7, 11) is 0. The molecule has 132 valence electrons. The number of carbonyl (C=O) groups excluding carboxylic acids is 3. The number of hydrogen-bond acceptors (Lipinski definition) is 9. The number of nitrogens with one attached hydrogen (secondary N) is 1. The number of amides is 3. The van der Waals surface area contributed by atoms with E-state index in [9.17, 15) is 19.6 Å². The molecule has 1 aliphatic heterocycles. The largest absolute Gasteiger partial charge is 0.756 e. The van der Waals surface area contributed by atoms with Crippen molar-refractivity contribution in [1.29, 1.82) is 0 Å². The molecule has 0 unspecified atom stereocenters. The fourth-order valence-electron chi connectivity index (χ4n) is 2.05. The van der Waals surface area contributed by atoms with Gasteiger partial charge in [-0.15, -0.1) is 5.59 Å². The van der Waals surface area contributed by atoms with Gasteiger partial charge in [0.15, 0.2) is 0 Å². The van der Waals surface area contributed by atoms with Crippen molar-refractivity contribution in [2.45, 2.75) is 0 Å². The molecule has 0 radical (unpaired) electrons. The highest BCUT2D eigenvalue weighted by Gasteiger charge is 2.15. The maximum Gasteiger partial charge on any atom is 0.209 e. The molecular weight excluding hydrogens is 310 g/mol. The molecular formula is C11H22N7O5-. The SMILES string of the molecule is NONN([O-])N1CCN(C=O)CCN(C=O)CCN(C=O)CC1. The van der Waals surface area contributed by atoms with Gasteiger partial charge in [0.05, 0.1) is 0 Å². The van der Waals surface area contributed by atoms with Crippen LogP contribution < -0.4 is 11.5 Å². The van der Waals surface area contributed by atoms with Crippen molar-refractivity contribution in [3.63, 3.8) is 0 Å². The summed E-state index contributed by atoms with van der Waals surface area (Å²) in [6.07, 6.45) is 2.01. The molecule has 12 nitrogen and oxygen atoms in total. The lowest BCUT2D eigenvalue weighted by Crippen LogP contribution is -2.53. The lowest BCUT2D eigenvalue weighted by molar-refractivity contribution is -0.164. The zero-order chi connectivity index (χ0) is 17.1. The van der Waals surface area contributed by atoms with Crippen molar-refractivity contribution in [2.75, 3.05) is 52.4 Å². The molecule has 0 aliphatic carbocycles. The van der Waals surface area contributed by atoms with Crippen LogP contribution in [0.5, 0.6) is 0 Å². The van der Waals surface area contributed by atoms with Gasteiger partial charge in [-0.25, -0.2) is 15.2 Å². The van der Waals surface area contributed by atoms with Crippen LogP contribution in [-0.2, 0) is 19.3 Å². The third-order valence-electron chi connectivity index (χ3n) is 3.47. The first-order valence-electron chi connectivity index (χ1n) is 7.06. The van der Waals surface area contributed by atoms with Crippen molar-refractivity contribution in [1.82, 2.24) is 30.6 Å². The van der Waals surface area contributed by atoms with Crippen LogP contribution in [-0.4, -0.2) is 96.6 Å². The van der Waals surface area contributed by atoms with E-state index in [-0.39, 0.29) is 26.2 Å². The van der Waals surface area contributed by atoms with Gasteiger partial charge in [0.1, 0.15) is 0 Å². The Morgan fingerprint density at radius 3 is 1.48 bits per heavy atom. The molecule has 1 heterocycles. The molecule has 0 atom stereocenters. The first-order valence-corrected chi connectivity index (χ1v) is 7.06. The molecule has 0 bridgehead atoms. The molecule has 23 heavy (non-hydrogen) atoms. The molecule has 12 heteroatoms. The van der Waals surface area contributed by atoms with Gasteiger partial charge in [-0.1, -0.05) is 0 Å². The predicted octanol–water partition coefficient (Wildman–Crippen LogP) is -3.30. The second-order valence-corrected chi connectivity index (χ2v) is 4.86. The van der Waals surface area contributed by atoms with Crippen LogP contribution in [0.2, 0.25) is 0 Å². The van der Waals surface area contributed by atoms with E-state index >= 15 is 0 Å². The van der Waals surface area contributed by atoms with Gasteiger partial charge in [-0.05, 0) is 0 Å². The molecule has 3 amide bonds. The third kappa shape index (κ3) is 6.85. The normalized spacial score (nSPS) is 19.2. The van der Waals surface area contributed by atoms with Crippen molar-refractivity contribution in [2.24, 2.45) is 5.90 Å². The van der Waals surface area contributed by atoms with Crippen molar-refractivity contribution in [3.8, 4) is 0 Å². The number of nitrogens with two attached hydrogens (primary N) is 1. The van der Waals surface area contributed by atoms with Crippen LogP contribution in [0.1, 0.15) is 0 Å². The number of nitrogens with zero attached hydrogens (tertiary/aromatic N) is 5. The summed E-state index contributed by atoms with van der Waals surface area (Å²) < 4.78 is 0. The van der Waals surface area contributed by atoms with Gasteiger partial charge < -0.3 is 19.9 Å². The Kier molecular flexibility index (Phi) is 9.04. The van der Waals surface area contributed by atoms with Gasteiger partial charge >= 0.3 is 0 Å². The molecule has 1 saturated heterocycles. The molecule has 0 aromatic rings. The highest BCUT2D eigenvalue weighted by molar-refractivity contribution is 5.49. The molecule has 1 aliphatic rings. The van der Waals surface area contributed by atoms with Gasteiger partial charge in [-0.2, -0.15) is 5.90 Å². The summed E-state index contributed by atoms with van der Waals surface area (Å²) in [5.74, 6) is 4.79. The van der Waals surface area contributed by atoms with Crippen molar-refractivity contribution >= 4 is 19.2 Å². The first-order chi connectivity index (χ1) is 11.1. The average Bonchev–Trinajstić information content (AvgIpc) is 2.55. The van der Waals surface area contributed by atoms with Crippen molar-refractivity contribution < 1.29 is 19.3 Å². The second kappa shape index (κ2) is 10.8. The minimum absolute atomic E-state index is 0.201. The van der Waals surface area contributed by atoms with Crippen LogP contribution in [0.15, 0.2) is 0 Å². The smallest absolute Gasteiger partial charge is 0.209 e. The lowest BCUT2D eigenvalue weighted by atomic mass is 10.4. The maximum absolute atomic E-state index is 11.8. The van der Waals surface area contributed by atoms with E-state index in [4.69, 9.17) is 5.90 Å². The highest BCUT2D eigenvalue weighted by atomic mass is 16.8. The summed E-state index contributed by atoms with van der Waals surface area (Å²) in [4.78, 5) is 41.6. The molecule has 3 N–H and O–H groups in total. The van der Waals surface area contributed by atoms with Crippen LogP contribution in [0, 0.1) is 5.21 Å². The number of hydrazine groups is 2. The number of rotatable bonds is 6. The number of hydrogen-bond donors (Lipinski definition) is 2. The minimum Gasteiger partial charge on any atom is -0.756 e. The molecule has 0 spiro atoms. The molecule has 0 aromatic heterocycles. The van der Waals surface area contributed by atoms with Gasteiger partial charge in [0, 0.05) is 52.4 Å². The molecule has 1 fully saturated rings. The molecule has 1 rings (SSSR count). The fourth-order valence-corrected chi connectivity index (χ4v) is 2.05. The zero-order valence-electron chi connectivity index (χ0n) is 12.7. The molecule has 0 aromatic carbocycles. The minimum atomic E-state index is 0.201. The summed E-state index contributed by atoms with van der Waals surface area (Å²) >= 11 is 0. The first kappa shape index (κ1) is 19.2. The Morgan fingerprint density at radius 1 is 0.826 bits per heavy atom. The Balaban J connectivity index is 2.75. The zero-order valence-corrected chi connectivity index (χ0v) is 12.7. The van der Waals surface area contributed by atoms with Crippen LogP contribution in [0.25, 0.3) is 0 Å². The highest BCUT2D eigenvalue weighted by Crippen LogP contribution is 1.99. The Hall–Kier alpha value is -1.83. The van der Waals surface area contributed by atoms with Gasteiger partial charge in [0.2, 0.25) is 19.2 Å². The predicted molar refractivity (Wildman–Crippen MR) is 78.1 cm³/mol. The van der Waals surface area contributed by atoms with E-state index in [1.807, 2.05) is 5.59 Å². The fraction of sp³-hybridized carbons (Fsp3) is 0.727. The summed E-state index contributed by atoms with van der Waals surface area (Å²) in [6, 6.07) is 0. The topological polar surface area (TPSA) is 138 Å². The Morgan fingerprint density at radius 2 is 1.17 bits per heavy atom. The second-order valence-electron chi connectivity index (χ2n) is 4.86. The summed E-state index contributed by atoms with van der Waals surface area (Å²) in [5, 5.41) is 13.4. The average molecular weight is 332 g/mol. The molecule has 0 saturated carbocycles. The van der Waals surface area contributed by atoms with Crippen LogP contribution in [0.4, 0.5) is 0 Å². The van der Waals surface area contributed by atoms with E-state index in [1.54, 1.807) is 0 Å². The van der Waals surface area contributed by atoms with E-state index in [1.165, 1.54) is 19.7 Å². The van der Waals surface area contributed by atoms with E-state index < -0.39 is 0 Å². The monoisotopic (exact) mass is 332 g/mol. The Bertz CT molecular complexity index is 351. The maximum atomic E-state index is 11.8. The van der Waals surface area contributed by atoms with E-state index in [0.717, 1.165) is 0 Å². The standard InChI is InChI=1S/C11H22N7O5/c12-23-13-18(22)17-7-5-15(10-20)3-1-14(9-19)2-4-16(11-21)6-8-17/h9-11,13H,1-8,12H2/q-1. The van der Waals surface area contributed by atoms with Gasteiger partial charge in [-0.3, -0.25) is 14.4 Å². The Labute approximate surface area is 133 Å². The van der Waals surface area contributed by atoms with E-state index in [2.05, 4.69) is 4.94 Å². The van der Waals surface area contributed by atoms with E-state index in [0.29, 0.717) is 50.7 Å². The van der Waals surface area contributed by atoms with Gasteiger partial charge in [0.25, 0.3) is 0 Å². The van der Waals surface area contributed by atoms with Crippen LogP contribution >= 0.6 is 0 Å². The quantitative estimate of drug-likeness (QED) is 0.378.